The average Bonchev–Trinajstić information content (AvgIpc) is 3.32. The van der Waals surface area contributed by atoms with E-state index in [9.17, 15) is 9.59 Å². The molecule has 0 aliphatic carbocycles. The van der Waals surface area contributed by atoms with Crippen LogP contribution in [0.25, 0.3) is 5.57 Å². The first-order valence-electron chi connectivity index (χ1n) is 9.03. The molecule has 146 valence electrons. The van der Waals surface area contributed by atoms with Crippen molar-refractivity contribution >= 4 is 34.4 Å². The SMILES string of the molecule is COc1ccc(C)cc1NC1=C(c2cccs2)C(=O)N(Cc2ccncc2)C1=O. The Morgan fingerprint density at radius 3 is 2.59 bits per heavy atom. The second-order valence-electron chi connectivity index (χ2n) is 6.61. The predicted molar refractivity (Wildman–Crippen MR) is 112 cm³/mol. The zero-order valence-electron chi connectivity index (χ0n) is 16.0. The van der Waals surface area contributed by atoms with E-state index in [0.717, 1.165) is 16.0 Å². The van der Waals surface area contributed by atoms with Gasteiger partial charge in [0.05, 0.1) is 24.9 Å². The number of carbonyl (C=O) groups is 2. The number of ether oxygens (including phenoxy) is 1. The summed E-state index contributed by atoms with van der Waals surface area (Å²) in [6.07, 6.45) is 3.29. The van der Waals surface area contributed by atoms with Crippen LogP contribution in [0, 0.1) is 6.92 Å². The number of rotatable bonds is 6. The number of hydrogen-bond donors (Lipinski definition) is 1. The molecule has 4 rings (SSSR count). The van der Waals surface area contributed by atoms with Gasteiger partial charge < -0.3 is 10.1 Å². The van der Waals surface area contributed by atoms with E-state index in [1.165, 1.54) is 16.2 Å². The van der Waals surface area contributed by atoms with Crippen LogP contribution in [0.4, 0.5) is 5.69 Å². The van der Waals surface area contributed by atoms with Crippen LogP contribution in [-0.2, 0) is 16.1 Å². The average molecular weight is 405 g/mol. The highest BCUT2D eigenvalue weighted by molar-refractivity contribution is 7.11. The minimum absolute atomic E-state index is 0.186. The van der Waals surface area contributed by atoms with Gasteiger partial charge in [0, 0.05) is 17.3 Å². The molecule has 1 N–H and O–H groups in total. The molecule has 0 radical (unpaired) electrons. The van der Waals surface area contributed by atoms with Crippen LogP contribution in [0.3, 0.4) is 0 Å². The first kappa shape index (κ1) is 18.9. The summed E-state index contributed by atoms with van der Waals surface area (Å²) in [4.78, 5) is 32.4. The van der Waals surface area contributed by atoms with E-state index in [0.29, 0.717) is 17.0 Å². The minimum Gasteiger partial charge on any atom is -0.495 e. The van der Waals surface area contributed by atoms with E-state index in [2.05, 4.69) is 10.3 Å². The highest BCUT2D eigenvalue weighted by atomic mass is 32.1. The van der Waals surface area contributed by atoms with Gasteiger partial charge in [0.15, 0.2) is 0 Å². The number of thiophene rings is 1. The summed E-state index contributed by atoms with van der Waals surface area (Å²) in [6.45, 7) is 2.14. The number of nitrogens with zero attached hydrogens (tertiary/aromatic N) is 2. The number of hydrogen-bond acceptors (Lipinski definition) is 6. The molecular weight excluding hydrogens is 386 g/mol. The number of aromatic nitrogens is 1. The fraction of sp³-hybridized carbons (Fsp3) is 0.136. The van der Waals surface area contributed by atoms with Crippen LogP contribution in [0.1, 0.15) is 16.0 Å². The molecule has 0 bridgehead atoms. The van der Waals surface area contributed by atoms with Crippen LogP contribution in [0.2, 0.25) is 0 Å². The van der Waals surface area contributed by atoms with Gasteiger partial charge in [0.1, 0.15) is 11.4 Å². The summed E-state index contributed by atoms with van der Waals surface area (Å²) >= 11 is 1.42. The molecule has 1 aliphatic rings. The predicted octanol–water partition coefficient (Wildman–Crippen LogP) is 3.85. The smallest absolute Gasteiger partial charge is 0.278 e. The number of nitrogens with one attached hydrogen (secondary N) is 1. The lowest BCUT2D eigenvalue weighted by Gasteiger charge is -2.16. The molecule has 2 amide bonds. The number of aryl methyl sites for hydroxylation is 1. The van der Waals surface area contributed by atoms with Gasteiger partial charge in [0.2, 0.25) is 0 Å². The first-order chi connectivity index (χ1) is 14.1. The molecular formula is C22H19N3O3S. The van der Waals surface area contributed by atoms with Crippen molar-refractivity contribution in [3.63, 3.8) is 0 Å². The molecule has 3 aromatic rings. The zero-order valence-corrected chi connectivity index (χ0v) is 16.8. The monoisotopic (exact) mass is 405 g/mol. The normalized spacial score (nSPS) is 13.9. The Hall–Kier alpha value is -3.45. The summed E-state index contributed by atoms with van der Waals surface area (Å²) in [5.41, 5.74) is 3.13. The van der Waals surface area contributed by atoms with E-state index in [1.807, 2.05) is 42.6 Å². The maximum absolute atomic E-state index is 13.2. The van der Waals surface area contributed by atoms with E-state index in [4.69, 9.17) is 4.74 Å². The Morgan fingerprint density at radius 2 is 1.90 bits per heavy atom. The van der Waals surface area contributed by atoms with Crippen molar-refractivity contribution in [2.45, 2.75) is 13.5 Å². The lowest BCUT2D eigenvalue weighted by Crippen LogP contribution is -2.32. The van der Waals surface area contributed by atoms with Gasteiger partial charge in [-0.15, -0.1) is 11.3 Å². The fourth-order valence-corrected chi connectivity index (χ4v) is 3.98. The number of anilines is 1. The van der Waals surface area contributed by atoms with E-state index in [1.54, 1.807) is 31.6 Å². The maximum Gasteiger partial charge on any atom is 0.278 e. The molecule has 29 heavy (non-hydrogen) atoms. The van der Waals surface area contributed by atoms with Crippen LogP contribution in [0.15, 0.2) is 65.9 Å². The molecule has 0 saturated heterocycles. The Morgan fingerprint density at radius 1 is 1.10 bits per heavy atom. The van der Waals surface area contributed by atoms with Gasteiger partial charge >= 0.3 is 0 Å². The summed E-state index contributed by atoms with van der Waals surface area (Å²) in [6, 6.07) is 12.9. The quantitative estimate of drug-likeness (QED) is 0.631. The number of benzene rings is 1. The third-order valence-corrected chi connectivity index (χ3v) is 5.53. The fourth-order valence-electron chi connectivity index (χ4n) is 3.21. The molecule has 0 fully saturated rings. The van der Waals surface area contributed by atoms with E-state index < -0.39 is 0 Å². The molecule has 3 heterocycles. The van der Waals surface area contributed by atoms with Crippen LogP contribution < -0.4 is 10.1 Å². The van der Waals surface area contributed by atoms with Gasteiger partial charge in [-0.2, -0.15) is 0 Å². The molecule has 2 aromatic heterocycles. The van der Waals surface area contributed by atoms with Crippen molar-refractivity contribution in [3.05, 3.63) is 81.9 Å². The first-order valence-corrected chi connectivity index (χ1v) is 9.91. The Balaban J connectivity index is 1.75. The summed E-state index contributed by atoms with van der Waals surface area (Å²) in [5.74, 6) is -0.0800. The Kier molecular flexibility index (Phi) is 5.14. The Labute approximate surface area is 172 Å². The van der Waals surface area contributed by atoms with Crippen molar-refractivity contribution in [1.82, 2.24) is 9.88 Å². The standard InChI is InChI=1S/C22H19N3O3S/c1-14-5-6-17(28-2)16(12-14)24-20-19(18-4-3-11-29-18)21(26)25(22(20)27)13-15-7-9-23-10-8-15/h3-12,24H,13H2,1-2H3. The Bertz CT molecular complexity index is 1090. The topological polar surface area (TPSA) is 71.5 Å². The third kappa shape index (κ3) is 3.64. The molecule has 1 aromatic carbocycles. The molecule has 0 atom stereocenters. The van der Waals surface area contributed by atoms with Gasteiger partial charge in [-0.1, -0.05) is 12.1 Å². The van der Waals surface area contributed by atoms with Crippen molar-refractivity contribution in [1.29, 1.82) is 0 Å². The number of methoxy groups -OCH3 is 1. The summed E-state index contributed by atoms with van der Waals surface area (Å²) < 4.78 is 5.42. The van der Waals surface area contributed by atoms with Crippen LogP contribution in [-0.4, -0.2) is 28.8 Å². The lowest BCUT2D eigenvalue weighted by atomic mass is 10.1. The molecule has 1 aliphatic heterocycles. The van der Waals surface area contributed by atoms with Gasteiger partial charge in [0.25, 0.3) is 11.8 Å². The summed E-state index contributed by atoms with van der Waals surface area (Å²) in [7, 11) is 1.57. The molecule has 0 spiro atoms. The number of pyridine rings is 1. The van der Waals surface area contributed by atoms with Crippen molar-refractivity contribution in [2.75, 3.05) is 12.4 Å². The second kappa shape index (κ2) is 7.89. The number of carbonyl (C=O) groups excluding carboxylic acids is 2. The zero-order chi connectivity index (χ0) is 20.4. The van der Waals surface area contributed by atoms with Gasteiger partial charge in [-0.05, 0) is 53.8 Å². The number of amides is 2. The molecule has 0 saturated carbocycles. The van der Waals surface area contributed by atoms with Crippen molar-refractivity contribution in [3.8, 4) is 5.75 Å². The van der Waals surface area contributed by atoms with Crippen LogP contribution >= 0.6 is 11.3 Å². The van der Waals surface area contributed by atoms with Gasteiger partial charge in [-0.3, -0.25) is 19.5 Å². The number of imide groups is 1. The van der Waals surface area contributed by atoms with Crippen LogP contribution in [0.5, 0.6) is 5.75 Å². The third-order valence-electron chi connectivity index (χ3n) is 4.64. The van der Waals surface area contributed by atoms with E-state index in [-0.39, 0.29) is 24.1 Å². The van der Waals surface area contributed by atoms with Crippen molar-refractivity contribution in [2.24, 2.45) is 0 Å². The highest BCUT2D eigenvalue weighted by Gasteiger charge is 2.39. The molecule has 0 unspecified atom stereocenters. The minimum atomic E-state index is -0.362. The highest BCUT2D eigenvalue weighted by Crippen LogP contribution is 2.35. The molecule has 6 nitrogen and oxygen atoms in total. The summed E-state index contributed by atoms with van der Waals surface area (Å²) in [5, 5.41) is 5.06. The maximum atomic E-state index is 13.2. The lowest BCUT2D eigenvalue weighted by molar-refractivity contribution is -0.137. The molecule has 7 heteroatoms. The van der Waals surface area contributed by atoms with Crippen molar-refractivity contribution < 1.29 is 14.3 Å². The van der Waals surface area contributed by atoms with Gasteiger partial charge in [-0.25, -0.2) is 0 Å². The van der Waals surface area contributed by atoms with E-state index >= 15 is 0 Å². The largest absolute Gasteiger partial charge is 0.495 e. The second-order valence-corrected chi connectivity index (χ2v) is 7.56.